The Morgan fingerprint density at radius 3 is 2.62 bits per heavy atom. The van der Waals surface area contributed by atoms with E-state index < -0.39 is 0 Å². The second kappa shape index (κ2) is 4.81. The molecular weight excluding hydrogens is 200 g/mol. The van der Waals surface area contributed by atoms with Crippen LogP contribution in [0.3, 0.4) is 0 Å². The van der Waals surface area contributed by atoms with E-state index >= 15 is 0 Å². The Hall–Kier alpha value is -1.81. The lowest BCUT2D eigenvalue weighted by Gasteiger charge is -2.07. The van der Waals surface area contributed by atoms with Gasteiger partial charge >= 0.3 is 0 Å². The van der Waals surface area contributed by atoms with E-state index in [9.17, 15) is 0 Å². The summed E-state index contributed by atoms with van der Waals surface area (Å²) in [7, 11) is 0. The first-order chi connectivity index (χ1) is 7.81. The first-order valence-corrected chi connectivity index (χ1v) is 5.23. The van der Waals surface area contributed by atoms with Crippen molar-refractivity contribution in [2.45, 2.75) is 13.3 Å². The van der Waals surface area contributed by atoms with Crippen LogP contribution in [-0.4, -0.2) is 21.5 Å². The van der Waals surface area contributed by atoms with Crippen molar-refractivity contribution in [1.82, 2.24) is 15.0 Å². The van der Waals surface area contributed by atoms with Crippen molar-refractivity contribution < 1.29 is 0 Å². The number of rotatable bonds is 3. The molecule has 2 aromatic rings. The van der Waals surface area contributed by atoms with Gasteiger partial charge in [-0.2, -0.15) is 0 Å². The highest BCUT2D eigenvalue weighted by atomic mass is 14.8. The smallest absolute Gasteiger partial charge is 0.125 e. The minimum Gasteiger partial charge on any atom is -0.330 e. The van der Waals surface area contributed by atoms with Crippen LogP contribution in [0.15, 0.2) is 30.9 Å². The third-order valence-corrected chi connectivity index (χ3v) is 2.41. The minimum absolute atomic E-state index is 0.616. The van der Waals surface area contributed by atoms with Crippen molar-refractivity contribution in [3.63, 3.8) is 0 Å². The van der Waals surface area contributed by atoms with E-state index in [1.165, 1.54) is 0 Å². The normalized spacial score (nSPS) is 10.4. The van der Waals surface area contributed by atoms with Crippen molar-refractivity contribution in [2.24, 2.45) is 5.73 Å². The molecule has 0 fully saturated rings. The fraction of sp³-hybridized carbons (Fsp3) is 0.250. The number of aryl methyl sites for hydroxylation is 1. The van der Waals surface area contributed by atoms with Crippen LogP contribution in [0.2, 0.25) is 0 Å². The summed E-state index contributed by atoms with van der Waals surface area (Å²) in [5.74, 6) is 0.776. The molecule has 2 aromatic heterocycles. The van der Waals surface area contributed by atoms with Gasteiger partial charge in [-0.1, -0.05) is 0 Å². The van der Waals surface area contributed by atoms with Crippen LogP contribution in [0.25, 0.3) is 11.1 Å². The van der Waals surface area contributed by atoms with Crippen LogP contribution in [0.5, 0.6) is 0 Å². The maximum absolute atomic E-state index is 5.57. The molecule has 0 saturated carbocycles. The summed E-state index contributed by atoms with van der Waals surface area (Å²) in [6.45, 7) is 2.49. The summed E-state index contributed by atoms with van der Waals surface area (Å²) in [6.07, 6.45) is 8.10. The van der Waals surface area contributed by atoms with Crippen molar-refractivity contribution in [1.29, 1.82) is 0 Å². The van der Waals surface area contributed by atoms with Gasteiger partial charge in [-0.3, -0.25) is 4.98 Å². The van der Waals surface area contributed by atoms with E-state index in [4.69, 9.17) is 5.73 Å². The van der Waals surface area contributed by atoms with Crippen LogP contribution < -0.4 is 5.73 Å². The molecule has 2 N–H and O–H groups in total. The molecule has 0 aliphatic heterocycles. The molecule has 4 nitrogen and oxygen atoms in total. The van der Waals surface area contributed by atoms with Crippen molar-refractivity contribution in [2.75, 3.05) is 6.54 Å². The highest BCUT2D eigenvalue weighted by molar-refractivity contribution is 5.65. The Bertz CT molecular complexity index is 465. The first kappa shape index (κ1) is 10.7. The second-order valence-electron chi connectivity index (χ2n) is 3.59. The monoisotopic (exact) mass is 214 g/mol. The molecular formula is C12H14N4. The van der Waals surface area contributed by atoms with Gasteiger partial charge in [-0.25, -0.2) is 9.97 Å². The quantitative estimate of drug-likeness (QED) is 0.837. The second-order valence-corrected chi connectivity index (χ2v) is 3.59. The highest BCUT2D eigenvalue weighted by Crippen LogP contribution is 2.21. The zero-order chi connectivity index (χ0) is 11.4. The Kier molecular flexibility index (Phi) is 3.22. The number of nitrogens with two attached hydrogens (primary N) is 1. The van der Waals surface area contributed by atoms with Gasteiger partial charge in [0.05, 0.1) is 0 Å². The van der Waals surface area contributed by atoms with E-state index in [2.05, 4.69) is 15.0 Å². The van der Waals surface area contributed by atoms with Gasteiger partial charge in [-0.05, 0) is 37.1 Å². The number of nitrogens with zero attached hydrogens (tertiary/aromatic N) is 3. The average molecular weight is 214 g/mol. The van der Waals surface area contributed by atoms with Gasteiger partial charge in [0.1, 0.15) is 5.82 Å². The van der Waals surface area contributed by atoms with Crippen LogP contribution in [0.1, 0.15) is 11.4 Å². The molecule has 0 aliphatic carbocycles. The SMILES string of the molecule is Cc1ncc(-c2ccncc2CCN)cn1. The van der Waals surface area contributed by atoms with Gasteiger partial charge in [0, 0.05) is 30.4 Å². The fourth-order valence-electron chi connectivity index (χ4n) is 1.60. The van der Waals surface area contributed by atoms with Crippen molar-refractivity contribution in [3.8, 4) is 11.1 Å². The molecule has 82 valence electrons. The maximum Gasteiger partial charge on any atom is 0.125 e. The molecule has 0 atom stereocenters. The predicted octanol–water partition coefficient (Wildman–Crippen LogP) is 1.35. The lowest BCUT2D eigenvalue weighted by atomic mass is 10.0. The molecule has 0 aliphatic rings. The largest absolute Gasteiger partial charge is 0.330 e. The van der Waals surface area contributed by atoms with Gasteiger partial charge in [0.25, 0.3) is 0 Å². The van der Waals surface area contributed by atoms with E-state index in [0.717, 1.165) is 28.9 Å². The molecule has 0 bridgehead atoms. The van der Waals surface area contributed by atoms with Gasteiger partial charge in [0.2, 0.25) is 0 Å². The minimum atomic E-state index is 0.616. The third kappa shape index (κ3) is 2.23. The van der Waals surface area contributed by atoms with E-state index in [-0.39, 0.29) is 0 Å². The molecule has 16 heavy (non-hydrogen) atoms. The Labute approximate surface area is 94.6 Å². The number of hydrogen-bond acceptors (Lipinski definition) is 4. The predicted molar refractivity (Wildman–Crippen MR) is 62.8 cm³/mol. The maximum atomic E-state index is 5.57. The molecule has 2 rings (SSSR count). The molecule has 0 aromatic carbocycles. The van der Waals surface area contributed by atoms with Crippen LogP contribution in [0.4, 0.5) is 0 Å². The molecule has 0 spiro atoms. The molecule has 0 amide bonds. The van der Waals surface area contributed by atoms with Crippen LogP contribution in [-0.2, 0) is 6.42 Å². The Morgan fingerprint density at radius 1 is 1.19 bits per heavy atom. The summed E-state index contributed by atoms with van der Waals surface area (Å²) in [5.41, 5.74) is 8.83. The fourth-order valence-corrected chi connectivity index (χ4v) is 1.60. The highest BCUT2D eigenvalue weighted by Gasteiger charge is 2.04. The molecule has 2 heterocycles. The number of aromatic nitrogens is 3. The van der Waals surface area contributed by atoms with Crippen LogP contribution >= 0.6 is 0 Å². The summed E-state index contributed by atoms with van der Waals surface area (Å²) in [4.78, 5) is 12.5. The molecule has 0 unspecified atom stereocenters. The zero-order valence-corrected chi connectivity index (χ0v) is 9.22. The average Bonchev–Trinajstić information content (AvgIpc) is 2.32. The van der Waals surface area contributed by atoms with E-state index in [0.29, 0.717) is 6.54 Å². The lowest BCUT2D eigenvalue weighted by Crippen LogP contribution is -2.04. The topological polar surface area (TPSA) is 64.7 Å². The molecule has 4 heteroatoms. The van der Waals surface area contributed by atoms with Gasteiger partial charge < -0.3 is 5.73 Å². The standard InChI is InChI=1S/C12H14N4/c1-9-15-7-11(8-16-9)12-3-5-14-6-10(12)2-4-13/h3,5-8H,2,4,13H2,1H3. The summed E-state index contributed by atoms with van der Waals surface area (Å²) >= 11 is 0. The summed E-state index contributed by atoms with van der Waals surface area (Å²) < 4.78 is 0. The van der Waals surface area contributed by atoms with Gasteiger partial charge in [-0.15, -0.1) is 0 Å². The zero-order valence-electron chi connectivity index (χ0n) is 9.22. The first-order valence-electron chi connectivity index (χ1n) is 5.23. The number of hydrogen-bond donors (Lipinski definition) is 1. The van der Waals surface area contributed by atoms with Crippen molar-refractivity contribution in [3.05, 3.63) is 42.2 Å². The summed E-state index contributed by atoms with van der Waals surface area (Å²) in [5, 5.41) is 0. The van der Waals surface area contributed by atoms with E-state index in [1.807, 2.05) is 31.6 Å². The van der Waals surface area contributed by atoms with Crippen LogP contribution in [0, 0.1) is 6.92 Å². The van der Waals surface area contributed by atoms with E-state index in [1.54, 1.807) is 6.20 Å². The number of pyridine rings is 1. The Balaban J connectivity index is 2.42. The lowest BCUT2D eigenvalue weighted by molar-refractivity contribution is 0.958. The van der Waals surface area contributed by atoms with Crippen molar-refractivity contribution >= 4 is 0 Å². The summed E-state index contributed by atoms with van der Waals surface area (Å²) in [6, 6.07) is 1.97. The van der Waals surface area contributed by atoms with Gasteiger partial charge in [0.15, 0.2) is 0 Å². The third-order valence-electron chi connectivity index (χ3n) is 2.41. The molecule has 0 radical (unpaired) electrons. The molecule has 0 saturated heterocycles. The Morgan fingerprint density at radius 2 is 1.94 bits per heavy atom.